The van der Waals surface area contributed by atoms with Crippen LogP contribution in [0.2, 0.25) is 0 Å². The van der Waals surface area contributed by atoms with E-state index in [0.29, 0.717) is 29.1 Å². The van der Waals surface area contributed by atoms with E-state index in [0.717, 1.165) is 0 Å². The van der Waals surface area contributed by atoms with Crippen molar-refractivity contribution in [3.05, 3.63) is 47.5 Å². The van der Waals surface area contributed by atoms with Crippen molar-refractivity contribution in [3.63, 3.8) is 0 Å². The molecule has 0 aliphatic rings. The van der Waals surface area contributed by atoms with E-state index < -0.39 is 5.91 Å². The van der Waals surface area contributed by atoms with Crippen LogP contribution in [0.5, 0.6) is 0 Å². The molecule has 0 aliphatic heterocycles. The van der Waals surface area contributed by atoms with Crippen LogP contribution in [0.25, 0.3) is 16.9 Å². The van der Waals surface area contributed by atoms with Crippen LogP contribution >= 0.6 is 0 Å². The first-order valence-corrected chi connectivity index (χ1v) is 8.14. The Kier molecular flexibility index (Phi) is 4.63. The van der Waals surface area contributed by atoms with E-state index in [4.69, 9.17) is 15.9 Å². The number of nitrogens with two attached hydrogens (primary N) is 2. The molecule has 0 saturated heterocycles. The van der Waals surface area contributed by atoms with Gasteiger partial charge in [-0.15, -0.1) is 0 Å². The molecule has 27 heavy (non-hydrogen) atoms. The first-order valence-electron chi connectivity index (χ1n) is 8.14. The maximum Gasteiger partial charge on any atom is 0.285 e. The van der Waals surface area contributed by atoms with Crippen LogP contribution in [-0.2, 0) is 0 Å². The highest BCUT2D eigenvalue weighted by Gasteiger charge is 2.22. The number of nitrogens with zero attached hydrogens (tertiary/aromatic N) is 5. The molecule has 0 bridgehead atoms. The normalized spacial score (nSPS) is 13.1. The Morgan fingerprint density at radius 3 is 2.74 bits per heavy atom. The quantitative estimate of drug-likeness (QED) is 0.452. The van der Waals surface area contributed by atoms with Gasteiger partial charge in [-0.25, -0.2) is 9.97 Å². The van der Waals surface area contributed by atoms with Gasteiger partial charge >= 0.3 is 0 Å². The summed E-state index contributed by atoms with van der Waals surface area (Å²) in [7, 11) is 0. The molecule has 0 radical (unpaired) electrons. The molecule has 0 aromatic carbocycles. The lowest BCUT2D eigenvalue weighted by atomic mass is 10.2. The van der Waals surface area contributed by atoms with Gasteiger partial charge in [-0.2, -0.15) is 0 Å². The summed E-state index contributed by atoms with van der Waals surface area (Å²) in [4.78, 5) is 28.8. The summed E-state index contributed by atoms with van der Waals surface area (Å²) in [6, 6.07) is 0. The van der Waals surface area contributed by atoms with Crippen molar-refractivity contribution in [1.29, 1.82) is 0 Å². The van der Waals surface area contributed by atoms with Gasteiger partial charge in [0.05, 0.1) is 17.4 Å². The molecule has 1 amide bonds. The largest absolute Gasteiger partial charge is 0.504 e. The molecule has 10 nitrogen and oxygen atoms in total. The topological polar surface area (TPSA) is 158 Å². The molecule has 140 valence electrons. The molecule has 0 unspecified atom stereocenters. The lowest BCUT2D eigenvalue weighted by molar-refractivity contribution is 0.0990. The minimum Gasteiger partial charge on any atom is -0.504 e. The van der Waals surface area contributed by atoms with Crippen LogP contribution in [-0.4, -0.2) is 42.6 Å². The number of hydrogen-bond acceptors (Lipinski definition) is 8. The number of aromatic nitrogens is 4. The van der Waals surface area contributed by atoms with Crippen LogP contribution in [0, 0.1) is 6.92 Å². The molecule has 0 saturated carbocycles. The molecule has 0 spiro atoms. The minimum atomic E-state index is -0.682. The van der Waals surface area contributed by atoms with Gasteiger partial charge in [0.15, 0.2) is 11.5 Å². The summed E-state index contributed by atoms with van der Waals surface area (Å²) in [5.41, 5.74) is 13.3. The summed E-state index contributed by atoms with van der Waals surface area (Å²) in [6.07, 6.45) is 4.58. The van der Waals surface area contributed by atoms with Crippen molar-refractivity contribution < 1.29 is 14.3 Å². The van der Waals surface area contributed by atoms with Crippen LogP contribution < -0.4 is 11.5 Å². The van der Waals surface area contributed by atoms with Crippen molar-refractivity contribution in [2.45, 2.75) is 20.8 Å². The fourth-order valence-corrected chi connectivity index (χ4v) is 2.52. The zero-order valence-corrected chi connectivity index (χ0v) is 15.1. The molecule has 0 fully saturated rings. The van der Waals surface area contributed by atoms with Crippen LogP contribution in [0.15, 0.2) is 39.5 Å². The molecule has 10 heteroatoms. The summed E-state index contributed by atoms with van der Waals surface area (Å²) in [5.74, 6) is -0.762. The summed E-state index contributed by atoms with van der Waals surface area (Å²) in [5, 5.41) is 10.2. The average molecular weight is 369 g/mol. The van der Waals surface area contributed by atoms with Crippen LogP contribution in [0.3, 0.4) is 0 Å². The molecule has 3 aromatic rings. The summed E-state index contributed by atoms with van der Waals surface area (Å²) in [6.45, 7) is 5.53. The number of carbonyl (C=O) groups excluding carboxylic acids is 1. The Morgan fingerprint density at radius 2 is 2.11 bits per heavy atom. The highest BCUT2D eigenvalue weighted by atomic mass is 16.3. The molecular weight excluding hydrogens is 350 g/mol. The van der Waals surface area contributed by atoms with Crippen molar-refractivity contribution in [3.8, 4) is 11.4 Å². The third kappa shape index (κ3) is 3.24. The number of oxazole rings is 1. The van der Waals surface area contributed by atoms with Gasteiger partial charge in [-0.1, -0.05) is 0 Å². The number of rotatable bonds is 5. The number of hydrogen-bond donors (Lipinski definition) is 3. The Hall–Kier alpha value is -3.69. The Labute approximate surface area is 154 Å². The number of carbonyl (C=O) groups is 1. The number of aliphatic imine (C=N–C) groups is 1. The number of primary amides is 1. The van der Waals surface area contributed by atoms with E-state index in [1.165, 1.54) is 6.26 Å². The molecule has 5 N–H and O–H groups in total. The third-order valence-corrected chi connectivity index (χ3v) is 3.74. The fourth-order valence-electron chi connectivity index (χ4n) is 2.52. The van der Waals surface area contributed by atoms with Gasteiger partial charge in [0.1, 0.15) is 17.7 Å². The smallest absolute Gasteiger partial charge is 0.285 e. The number of aryl methyl sites for hydroxylation is 1. The van der Waals surface area contributed by atoms with Crippen LogP contribution in [0.4, 0.5) is 0 Å². The lowest BCUT2D eigenvalue weighted by Gasteiger charge is -2.02. The van der Waals surface area contributed by atoms with Crippen molar-refractivity contribution in [2.75, 3.05) is 6.54 Å². The van der Waals surface area contributed by atoms with E-state index in [1.54, 1.807) is 37.6 Å². The maximum atomic E-state index is 11.7. The van der Waals surface area contributed by atoms with Crippen molar-refractivity contribution in [1.82, 2.24) is 19.4 Å². The average Bonchev–Trinajstić information content (AvgIpc) is 3.23. The predicted octanol–water partition coefficient (Wildman–Crippen LogP) is 1.35. The van der Waals surface area contributed by atoms with Gasteiger partial charge in [0.25, 0.3) is 5.91 Å². The number of fused-ring (bicyclic) bond motifs is 1. The number of allylic oxidation sites excluding steroid dienone is 2. The van der Waals surface area contributed by atoms with E-state index in [1.807, 2.05) is 0 Å². The van der Waals surface area contributed by atoms with Crippen molar-refractivity contribution >= 4 is 17.1 Å². The van der Waals surface area contributed by atoms with Gasteiger partial charge in [-0.3, -0.25) is 19.2 Å². The monoisotopic (exact) mass is 369 g/mol. The van der Waals surface area contributed by atoms with E-state index >= 15 is 0 Å². The highest BCUT2D eigenvalue weighted by Crippen LogP contribution is 2.25. The predicted molar refractivity (Wildman–Crippen MR) is 98.3 cm³/mol. The van der Waals surface area contributed by atoms with Crippen LogP contribution in [0.1, 0.15) is 36.1 Å². The maximum absolute atomic E-state index is 11.7. The first-order chi connectivity index (χ1) is 12.8. The fraction of sp³-hybridized carbons (Fsp3) is 0.235. The SMILES string of the molecule is CCN=C(/C(O)=C(/C)N)c1nc(-c2nc(C(N)=O)n3cc(C)ncc23)co1. The Morgan fingerprint density at radius 1 is 1.37 bits per heavy atom. The molecule has 3 rings (SSSR count). The lowest BCUT2D eigenvalue weighted by Crippen LogP contribution is -2.15. The Balaban J connectivity index is 2.16. The molecule has 0 atom stereocenters. The van der Waals surface area contributed by atoms with E-state index in [2.05, 4.69) is 19.9 Å². The molecule has 3 aromatic heterocycles. The third-order valence-electron chi connectivity index (χ3n) is 3.74. The minimum absolute atomic E-state index is 0.0537. The van der Waals surface area contributed by atoms with Gasteiger partial charge in [-0.05, 0) is 20.8 Å². The van der Waals surface area contributed by atoms with Gasteiger partial charge < -0.3 is 21.0 Å². The van der Waals surface area contributed by atoms with E-state index in [-0.39, 0.29) is 28.9 Å². The molecule has 3 heterocycles. The zero-order chi connectivity index (χ0) is 19.7. The molecular formula is C17H19N7O3. The standard InChI is InChI=1S/C17H19N7O3/c1-4-20-13(14(25)9(3)18)17-22-10(7-27-17)12-11-5-21-8(2)6-24(11)16(23-12)15(19)26/h5-7,25H,4,18H2,1-3H3,(H2,19,26)/b14-9+,20-13?. The van der Waals surface area contributed by atoms with Crippen molar-refractivity contribution in [2.24, 2.45) is 16.5 Å². The molecule has 0 aliphatic carbocycles. The van der Waals surface area contributed by atoms with Gasteiger partial charge in [0.2, 0.25) is 11.7 Å². The summed E-state index contributed by atoms with van der Waals surface area (Å²) < 4.78 is 7.02. The second kappa shape index (κ2) is 6.90. The van der Waals surface area contributed by atoms with E-state index in [9.17, 15) is 9.90 Å². The number of aliphatic hydroxyl groups excluding tert-OH is 1. The number of amides is 1. The number of aliphatic hydroxyl groups is 1. The number of imidazole rings is 1. The second-order valence-electron chi connectivity index (χ2n) is 5.82. The summed E-state index contributed by atoms with van der Waals surface area (Å²) >= 11 is 0. The zero-order valence-electron chi connectivity index (χ0n) is 15.1. The highest BCUT2D eigenvalue weighted by molar-refractivity contribution is 6.08. The Bertz CT molecular complexity index is 1090. The first kappa shape index (κ1) is 18.1. The van der Waals surface area contributed by atoms with Gasteiger partial charge in [0, 0.05) is 18.4 Å². The second-order valence-corrected chi connectivity index (χ2v) is 5.82.